The molecule has 1 aliphatic carbocycles. The smallest absolute Gasteiger partial charge is 0.304 e. The van der Waals surface area contributed by atoms with Crippen molar-refractivity contribution in [3.8, 4) is 0 Å². The van der Waals surface area contributed by atoms with Crippen LogP contribution >= 0.6 is 0 Å². The molecule has 4 heteroatoms. The van der Waals surface area contributed by atoms with E-state index in [4.69, 9.17) is 5.11 Å². The fourth-order valence-corrected chi connectivity index (χ4v) is 2.60. The molecule has 0 amide bonds. The molecule has 1 aliphatic heterocycles. The number of carboxylic acid groups (broad SMARTS) is 1. The van der Waals surface area contributed by atoms with Crippen molar-refractivity contribution in [3.05, 3.63) is 0 Å². The topological polar surface area (TPSA) is 52.6 Å². The van der Waals surface area contributed by atoms with Gasteiger partial charge in [-0.25, -0.2) is 0 Å². The van der Waals surface area contributed by atoms with E-state index >= 15 is 0 Å². The van der Waals surface area contributed by atoms with Crippen molar-refractivity contribution in [3.63, 3.8) is 0 Å². The van der Waals surface area contributed by atoms with E-state index in [-0.39, 0.29) is 12.5 Å². The summed E-state index contributed by atoms with van der Waals surface area (Å²) in [6.07, 6.45) is 3.90. The van der Waals surface area contributed by atoms with Gasteiger partial charge in [-0.15, -0.1) is 0 Å². The van der Waals surface area contributed by atoms with Gasteiger partial charge in [-0.2, -0.15) is 0 Å². The summed E-state index contributed by atoms with van der Waals surface area (Å²) >= 11 is 0. The van der Waals surface area contributed by atoms with Crippen molar-refractivity contribution < 1.29 is 9.90 Å². The zero-order valence-electron chi connectivity index (χ0n) is 9.28. The molecule has 1 saturated carbocycles. The minimum Gasteiger partial charge on any atom is -0.481 e. The van der Waals surface area contributed by atoms with Crippen LogP contribution in [0.1, 0.15) is 32.6 Å². The standard InChI is InChI=1S/C11H20N2O2/c1-8-4-5-12-7-10(6-11(14)15)13(8)9-2-3-9/h8-10,12H,2-7H2,1H3,(H,14,15). The first kappa shape index (κ1) is 10.9. The van der Waals surface area contributed by atoms with Gasteiger partial charge in [0, 0.05) is 24.7 Å². The average Bonchev–Trinajstić information content (AvgIpc) is 2.93. The van der Waals surface area contributed by atoms with Gasteiger partial charge in [0.25, 0.3) is 0 Å². The Hall–Kier alpha value is -0.610. The SMILES string of the molecule is CC1CCNCC(CC(=O)O)N1C1CC1. The molecule has 2 atom stereocenters. The van der Waals surface area contributed by atoms with E-state index in [0.29, 0.717) is 12.1 Å². The van der Waals surface area contributed by atoms with Crippen molar-refractivity contribution >= 4 is 5.97 Å². The summed E-state index contributed by atoms with van der Waals surface area (Å²) in [6.45, 7) is 4.06. The van der Waals surface area contributed by atoms with Gasteiger partial charge in [0.15, 0.2) is 0 Å². The molecule has 1 saturated heterocycles. The molecule has 2 fully saturated rings. The maximum absolute atomic E-state index is 10.8. The molecule has 86 valence electrons. The van der Waals surface area contributed by atoms with Crippen LogP contribution in [0.5, 0.6) is 0 Å². The van der Waals surface area contributed by atoms with Crippen molar-refractivity contribution in [2.24, 2.45) is 0 Å². The summed E-state index contributed by atoms with van der Waals surface area (Å²) in [5.41, 5.74) is 0. The Bertz CT molecular complexity index is 241. The molecular formula is C11H20N2O2. The molecule has 0 aromatic heterocycles. The van der Waals surface area contributed by atoms with E-state index in [9.17, 15) is 4.79 Å². The molecule has 0 radical (unpaired) electrons. The molecule has 4 nitrogen and oxygen atoms in total. The largest absolute Gasteiger partial charge is 0.481 e. The Morgan fingerprint density at radius 2 is 2.20 bits per heavy atom. The van der Waals surface area contributed by atoms with E-state index in [0.717, 1.165) is 19.5 Å². The van der Waals surface area contributed by atoms with Gasteiger partial charge >= 0.3 is 5.97 Å². The van der Waals surface area contributed by atoms with Crippen LogP contribution in [0.15, 0.2) is 0 Å². The fraction of sp³-hybridized carbons (Fsp3) is 0.909. The van der Waals surface area contributed by atoms with Crippen LogP contribution in [0.2, 0.25) is 0 Å². The Kier molecular flexibility index (Phi) is 3.26. The van der Waals surface area contributed by atoms with Crippen LogP contribution in [0.4, 0.5) is 0 Å². The van der Waals surface area contributed by atoms with Crippen LogP contribution < -0.4 is 5.32 Å². The Balaban J connectivity index is 2.04. The highest BCUT2D eigenvalue weighted by molar-refractivity contribution is 5.67. The summed E-state index contributed by atoms with van der Waals surface area (Å²) in [4.78, 5) is 13.3. The summed E-state index contributed by atoms with van der Waals surface area (Å²) in [7, 11) is 0. The fourth-order valence-electron chi connectivity index (χ4n) is 2.60. The normalized spacial score (nSPS) is 33.7. The van der Waals surface area contributed by atoms with Gasteiger partial charge < -0.3 is 10.4 Å². The van der Waals surface area contributed by atoms with Crippen molar-refractivity contribution in [1.82, 2.24) is 10.2 Å². The lowest BCUT2D eigenvalue weighted by molar-refractivity contribution is -0.138. The van der Waals surface area contributed by atoms with E-state index in [1.807, 2.05) is 0 Å². The van der Waals surface area contributed by atoms with Crippen LogP contribution in [0.3, 0.4) is 0 Å². The third kappa shape index (κ3) is 2.69. The minimum absolute atomic E-state index is 0.187. The van der Waals surface area contributed by atoms with Gasteiger partial charge in [0.2, 0.25) is 0 Å². The van der Waals surface area contributed by atoms with E-state index in [2.05, 4.69) is 17.1 Å². The monoisotopic (exact) mass is 212 g/mol. The number of carboxylic acids is 1. The Labute approximate surface area is 90.6 Å². The minimum atomic E-state index is -0.679. The number of nitrogens with one attached hydrogen (secondary N) is 1. The van der Waals surface area contributed by atoms with E-state index in [1.54, 1.807) is 0 Å². The molecule has 2 rings (SSSR count). The lowest BCUT2D eigenvalue weighted by atomic mass is 10.1. The van der Waals surface area contributed by atoms with Gasteiger partial charge in [-0.1, -0.05) is 0 Å². The summed E-state index contributed by atoms with van der Waals surface area (Å²) in [5, 5.41) is 12.3. The van der Waals surface area contributed by atoms with E-state index < -0.39 is 5.97 Å². The highest BCUT2D eigenvalue weighted by Crippen LogP contribution is 2.32. The maximum Gasteiger partial charge on any atom is 0.304 e. The molecular weight excluding hydrogens is 192 g/mol. The lowest BCUT2D eigenvalue weighted by Crippen LogP contribution is -2.46. The maximum atomic E-state index is 10.8. The zero-order valence-corrected chi connectivity index (χ0v) is 9.28. The number of aliphatic carboxylic acids is 1. The summed E-state index contributed by atoms with van der Waals surface area (Å²) in [5.74, 6) is -0.679. The Morgan fingerprint density at radius 3 is 2.80 bits per heavy atom. The third-order valence-electron chi connectivity index (χ3n) is 3.43. The first-order valence-corrected chi connectivity index (χ1v) is 5.88. The number of hydrogen-bond donors (Lipinski definition) is 2. The highest BCUT2D eigenvalue weighted by Gasteiger charge is 2.38. The molecule has 2 unspecified atom stereocenters. The first-order chi connectivity index (χ1) is 7.18. The number of rotatable bonds is 3. The molecule has 0 bridgehead atoms. The second kappa shape index (κ2) is 4.49. The van der Waals surface area contributed by atoms with Crippen molar-refractivity contribution in [2.75, 3.05) is 13.1 Å². The average molecular weight is 212 g/mol. The molecule has 0 aromatic rings. The van der Waals surface area contributed by atoms with Crippen LogP contribution in [0.25, 0.3) is 0 Å². The summed E-state index contributed by atoms with van der Waals surface area (Å²) in [6, 6.07) is 1.37. The molecule has 15 heavy (non-hydrogen) atoms. The second-order valence-electron chi connectivity index (χ2n) is 4.77. The molecule has 0 spiro atoms. The number of carbonyl (C=O) groups is 1. The molecule has 2 N–H and O–H groups in total. The van der Waals surface area contributed by atoms with Crippen LogP contribution in [0, 0.1) is 0 Å². The predicted octanol–water partition coefficient (Wildman–Crippen LogP) is 0.676. The molecule has 0 aromatic carbocycles. The van der Waals surface area contributed by atoms with Crippen LogP contribution in [-0.4, -0.2) is 47.2 Å². The Morgan fingerprint density at radius 1 is 1.47 bits per heavy atom. The first-order valence-electron chi connectivity index (χ1n) is 5.88. The van der Waals surface area contributed by atoms with Gasteiger partial charge in [0.05, 0.1) is 6.42 Å². The van der Waals surface area contributed by atoms with Crippen molar-refractivity contribution in [1.29, 1.82) is 0 Å². The number of nitrogens with zero attached hydrogens (tertiary/aromatic N) is 1. The van der Waals surface area contributed by atoms with Gasteiger partial charge in [-0.05, 0) is 32.7 Å². The van der Waals surface area contributed by atoms with Gasteiger partial charge in [-0.3, -0.25) is 9.69 Å². The highest BCUT2D eigenvalue weighted by atomic mass is 16.4. The molecule has 2 aliphatic rings. The summed E-state index contributed by atoms with van der Waals surface area (Å²) < 4.78 is 0. The lowest BCUT2D eigenvalue weighted by Gasteiger charge is -2.33. The number of hydrogen-bond acceptors (Lipinski definition) is 3. The predicted molar refractivity (Wildman–Crippen MR) is 57.9 cm³/mol. The van der Waals surface area contributed by atoms with Crippen LogP contribution in [-0.2, 0) is 4.79 Å². The third-order valence-corrected chi connectivity index (χ3v) is 3.43. The van der Waals surface area contributed by atoms with Crippen molar-refractivity contribution in [2.45, 2.75) is 50.7 Å². The second-order valence-corrected chi connectivity index (χ2v) is 4.77. The molecule has 1 heterocycles. The quantitative estimate of drug-likeness (QED) is 0.722. The zero-order chi connectivity index (χ0) is 10.8. The van der Waals surface area contributed by atoms with E-state index in [1.165, 1.54) is 12.8 Å². The van der Waals surface area contributed by atoms with Gasteiger partial charge in [0.1, 0.15) is 0 Å².